The fourth-order valence-corrected chi connectivity index (χ4v) is 1.51. The van der Waals surface area contributed by atoms with Gasteiger partial charge in [-0.25, -0.2) is 4.79 Å². The molecule has 0 atom stereocenters. The summed E-state index contributed by atoms with van der Waals surface area (Å²) in [6, 6.07) is 0. The number of allylic oxidation sites excluding steroid dienone is 1. The Morgan fingerprint density at radius 1 is 1.54 bits per heavy atom. The predicted octanol–water partition coefficient (Wildman–Crippen LogP) is 1.83. The lowest BCUT2D eigenvalue weighted by Gasteiger charge is -2.19. The van der Waals surface area contributed by atoms with Gasteiger partial charge in [0.2, 0.25) is 0 Å². The van der Waals surface area contributed by atoms with Crippen molar-refractivity contribution in [2.24, 2.45) is 5.92 Å². The molecule has 3 nitrogen and oxygen atoms in total. The molecule has 0 aromatic rings. The van der Waals surface area contributed by atoms with Crippen molar-refractivity contribution >= 4 is 5.97 Å². The maximum Gasteiger partial charge on any atom is 0.331 e. The van der Waals surface area contributed by atoms with Crippen LogP contribution in [0.15, 0.2) is 11.6 Å². The number of carboxylic acid groups (broad SMARTS) is 1. The monoisotopic (exact) mass is 184 g/mol. The molecular weight excluding hydrogens is 168 g/mol. The molecule has 1 rings (SSSR count). The lowest BCUT2D eigenvalue weighted by molar-refractivity contribution is -0.132. The highest BCUT2D eigenvalue weighted by Gasteiger charge is 2.14. The van der Waals surface area contributed by atoms with Gasteiger partial charge >= 0.3 is 5.97 Å². The van der Waals surface area contributed by atoms with Gasteiger partial charge in [-0.15, -0.1) is 0 Å². The number of rotatable bonds is 3. The summed E-state index contributed by atoms with van der Waals surface area (Å²) in [6.45, 7) is 3.40. The molecule has 0 aromatic carbocycles. The molecule has 0 spiro atoms. The smallest absolute Gasteiger partial charge is 0.331 e. The zero-order chi connectivity index (χ0) is 9.68. The highest BCUT2D eigenvalue weighted by atomic mass is 16.5. The van der Waals surface area contributed by atoms with E-state index in [1.54, 1.807) is 0 Å². The molecule has 1 heterocycles. The van der Waals surface area contributed by atoms with E-state index in [2.05, 4.69) is 0 Å². The fourth-order valence-electron chi connectivity index (χ4n) is 1.51. The van der Waals surface area contributed by atoms with Crippen LogP contribution in [0, 0.1) is 5.92 Å². The summed E-state index contributed by atoms with van der Waals surface area (Å²) < 4.78 is 5.20. The number of hydrogen-bond donors (Lipinski definition) is 1. The summed E-state index contributed by atoms with van der Waals surface area (Å²) in [4.78, 5) is 10.7. The standard InChI is InChI=1S/C10H16O3/c1-2-9(10(11)12)7-8-3-5-13-6-4-8/h7-8H,2-6H2,1H3,(H,11,12). The summed E-state index contributed by atoms with van der Waals surface area (Å²) in [7, 11) is 0. The van der Waals surface area contributed by atoms with Crippen molar-refractivity contribution in [2.75, 3.05) is 13.2 Å². The Labute approximate surface area is 78.4 Å². The van der Waals surface area contributed by atoms with Crippen LogP contribution in [0.25, 0.3) is 0 Å². The first kappa shape index (κ1) is 10.3. The third-order valence-electron chi connectivity index (χ3n) is 2.36. The quantitative estimate of drug-likeness (QED) is 0.681. The number of carbonyl (C=O) groups is 1. The number of carboxylic acids is 1. The van der Waals surface area contributed by atoms with Crippen LogP contribution in [0.3, 0.4) is 0 Å². The molecule has 0 radical (unpaired) electrons. The second-order valence-electron chi connectivity index (χ2n) is 3.30. The van der Waals surface area contributed by atoms with Crippen LogP contribution in [0.2, 0.25) is 0 Å². The molecule has 1 fully saturated rings. The van der Waals surface area contributed by atoms with E-state index in [-0.39, 0.29) is 0 Å². The second-order valence-corrected chi connectivity index (χ2v) is 3.30. The maximum absolute atomic E-state index is 10.7. The Morgan fingerprint density at radius 2 is 2.15 bits per heavy atom. The molecule has 1 aliphatic heterocycles. The topological polar surface area (TPSA) is 46.5 Å². The van der Waals surface area contributed by atoms with Crippen LogP contribution >= 0.6 is 0 Å². The van der Waals surface area contributed by atoms with Gasteiger partial charge in [0.25, 0.3) is 0 Å². The SMILES string of the molecule is CCC(=CC1CCOCC1)C(=O)O. The van der Waals surface area contributed by atoms with E-state index in [1.165, 1.54) is 0 Å². The van der Waals surface area contributed by atoms with Gasteiger partial charge in [-0.1, -0.05) is 13.0 Å². The predicted molar refractivity (Wildman–Crippen MR) is 49.6 cm³/mol. The van der Waals surface area contributed by atoms with Crippen molar-refractivity contribution in [1.29, 1.82) is 0 Å². The zero-order valence-corrected chi connectivity index (χ0v) is 7.95. The van der Waals surface area contributed by atoms with Gasteiger partial charge in [-0.05, 0) is 25.2 Å². The van der Waals surface area contributed by atoms with Crippen LogP contribution < -0.4 is 0 Å². The fraction of sp³-hybridized carbons (Fsp3) is 0.700. The van der Waals surface area contributed by atoms with Crippen LogP contribution in [-0.2, 0) is 9.53 Å². The first-order valence-electron chi connectivity index (χ1n) is 4.75. The summed E-state index contributed by atoms with van der Waals surface area (Å²) >= 11 is 0. The molecule has 0 aliphatic carbocycles. The Bertz CT molecular complexity index is 202. The van der Waals surface area contributed by atoms with Crippen molar-refractivity contribution < 1.29 is 14.6 Å². The zero-order valence-electron chi connectivity index (χ0n) is 7.95. The van der Waals surface area contributed by atoms with Gasteiger partial charge in [-0.3, -0.25) is 0 Å². The third-order valence-corrected chi connectivity index (χ3v) is 2.36. The average molecular weight is 184 g/mol. The van der Waals surface area contributed by atoms with Crippen LogP contribution in [-0.4, -0.2) is 24.3 Å². The molecule has 0 saturated carbocycles. The highest BCUT2D eigenvalue weighted by Crippen LogP contribution is 2.18. The molecule has 1 aliphatic rings. The summed E-state index contributed by atoms with van der Waals surface area (Å²) in [5, 5.41) is 8.80. The van der Waals surface area contributed by atoms with E-state index in [1.807, 2.05) is 13.0 Å². The molecule has 0 amide bonds. The van der Waals surface area contributed by atoms with Gasteiger partial charge in [0.1, 0.15) is 0 Å². The molecule has 3 heteroatoms. The van der Waals surface area contributed by atoms with E-state index in [9.17, 15) is 4.79 Å². The number of aliphatic carboxylic acids is 1. The van der Waals surface area contributed by atoms with Crippen molar-refractivity contribution in [1.82, 2.24) is 0 Å². The van der Waals surface area contributed by atoms with Gasteiger partial charge in [0.05, 0.1) is 0 Å². The third kappa shape index (κ3) is 3.19. The van der Waals surface area contributed by atoms with E-state index in [4.69, 9.17) is 9.84 Å². The molecular formula is C10H16O3. The van der Waals surface area contributed by atoms with Crippen molar-refractivity contribution in [3.63, 3.8) is 0 Å². The van der Waals surface area contributed by atoms with E-state index in [0.29, 0.717) is 17.9 Å². The molecule has 13 heavy (non-hydrogen) atoms. The molecule has 0 bridgehead atoms. The van der Waals surface area contributed by atoms with Crippen LogP contribution in [0.5, 0.6) is 0 Å². The lowest BCUT2D eigenvalue weighted by atomic mass is 9.96. The van der Waals surface area contributed by atoms with Gasteiger partial charge in [-0.2, -0.15) is 0 Å². The number of ether oxygens (including phenoxy) is 1. The van der Waals surface area contributed by atoms with Crippen LogP contribution in [0.1, 0.15) is 26.2 Å². The Morgan fingerprint density at radius 3 is 2.62 bits per heavy atom. The minimum atomic E-state index is -0.783. The minimum Gasteiger partial charge on any atom is -0.478 e. The Balaban J connectivity index is 2.54. The summed E-state index contributed by atoms with van der Waals surface area (Å²) in [5.41, 5.74) is 0.534. The average Bonchev–Trinajstić information content (AvgIpc) is 2.15. The molecule has 0 aromatic heterocycles. The molecule has 0 unspecified atom stereocenters. The minimum absolute atomic E-state index is 0.403. The maximum atomic E-state index is 10.7. The second kappa shape index (κ2) is 5.02. The van der Waals surface area contributed by atoms with E-state index in [0.717, 1.165) is 26.1 Å². The van der Waals surface area contributed by atoms with Crippen LogP contribution in [0.4, 0.5) is 0 Å². The van der Waals surface area contributed by atoms with E-state index < -0.39 is 5.97 Å². The Hall–Kier alpha value is -0.830. The normalized spacial score (nSPS) is 20.2. The van der Waals surface area contributed by atoms with Gasteiger partial charge < -0.3 is 9.84 Å². The van der Waals surface area contributed by atoms with E-state index >= 15 is 0 Å². The molecule has 1 N–H and O–H groups in total. The van der Waals surface area contributed by atoms with Crippen molar-refractivity contribution in [2.45, 2.75) is 26.2 Å². The highest BCUT2D eigenvalue weighted by molar-refractivity contribution is 5.86. The van der Waals surface area contributed by atoms with Crippen molar-refractivity contribution in [3.8, 4) is 0 Å². The summed E-state index contributed by atoms with van der Waals surface area (Å²) in [5.74, 6) is -0.381. The Kier molecular flexibility index (Phi) is 3.96. The largest absolute Gasteiger partial charge is 0.478 e. The van der Waals surface area contributed by atoms with Gasteiger partial charge in [0, 0.05) is 18.8 Å². The molecule has 74 valence electrons. The van der Waals surface area contributed by atoms with Gasteiger partial charge in [0.15, 0.2) is 0 Å². The first-order chi connectivity index (χ1) is 6.24. The van der Waals surface area contributed by atoms with Crippen molar-refractivity contribution in [3.05, 3.63) is 11.6 Å². The molecule has 1 saturated heterocycles. The summed E-state index contributed by atoms with van der Waals surface area (Å²) in [6.07, 6.45) is 4.41. The first-order valence-corrected chi connectivity index (χ1v) is 4.75. The lowest BCUT2D eigenvalue weighted by Crippen LogP contribution is -2.15. The number of hydrogen-bond acceptors (Lipinski definition) is 2.